The molecule has 146 valence electrons. The fourth-order valence-corrected chi connectivity index (χ4v) is 4.80. The normalized spacial score (nSPS) is 15.2. The van der Waals surface area contributed by atoms with Crippen molar-refractivity contribution < 1.29 is 0 Å². The smallest absolute Gasteiger partial charge is 0.0786 e. The molecule has 2 heterocycles. The first kappa shape index (κ1) is 18.3. The highest BCUT2D eigenvalue weighted by atomic mass is 15.1. The molecule has 0 aliphatic carbocycles. The minimum atomic E-state index is 1.07. The molecule has 0 N–H and O–H groups in total. The Morgan fingerprint density at radius 2 is 1.48 bits per heavy atom. The molecule has 5 rings (SSSR count). The molecular formula is C27H28N2. The molecule has 0 saturated carbocycles. The molecule has 1 aromatic heterocycles. The van der Waals surface area contributed by atoms with Crippen molar-refractivity contribution in [1.29, 1.82) is 0 Å². The maximum absolute atomic E-state index is 5.00. The highest BCUT2D eigenvalue weighted by molar-refractivity contribution is 6.05. The number of aryl methyl sites for hydroxylation is 1. The quantitative estimate of drug-likeness (QED) is 0.408. The summed E-state index contributed by atoms with van der Waals surface area (Å²) in [4.78, 5) is 7.61. The summed E-state index contributed by atoms with van der Waals surface area (Å²) in [5, 5.41) is 5.20. The third-order valence-corrected chi connectivity index (χ3v) is 6.42. The molecule has 3 aromatic carbocycles. The Kier molecular flexibility index (Phi) is 5.03. The Bertz CT molecular complexity index is 1160. The number of hydrogen-bond acceptors (Lipinski definition) is 2. The van der Waals surface area contributed by atoms with E-state index < -0.39 is 0 Å². The summed E-state index contributed by atoms with van der Waals surface area (Å²) in [7, 11) is 0. The molecule has 1 fully saturated rings. The van der Waals surface area contributed by atoms with Crippen molar-refractivity contribution in [2.75, 3.05) is 19.6 Å². The fraction of sp³-hybridized carbons (Fsp3) is 0.296. The summed E-state index contributed by atoms with van der Waals surface area (Å²) in [6, 6.07) is 21.9. The number of aromatic nitrogens is 1. The predicted molar refractivity (Wildman–Crippen MR) is 123 cm³/mol. The van der Waals surface area contributed by atoms with E-state index in [1.165, 1.54) is 70.6 Å². The fourth-order valence-electron chi connectivity index (χ4n) is 4.80. The number of fused-ring (bicyclic) bond motifs is 2. The van der Waals surface area contributed by atoms with Crippen LogP contribution in [0.4, 0.5) is 0 Å². The van der Waals surface area contributed by atoms with Crippen LogP contribution in [0, 0.1) is 6.92 Å². The molecule has 2 nitrogen and oxygen atoms in total. The van der Waals surface area contributed by atoms with Crippen LogP contribution in [0.25, 0.3) is 32.8 Å². The van der Waals surface area contributed by atoms with E-state index in [4.69, 9.17) is 4.98 Å². The molecule has 1 aliphatic rings. The number of benzene rings is 3. The van der Waals surface area contributed by atoms with Crippen LogP contribution in [-0.4, -0.2) is 29.5 Å². The van der Waals surface area contributed by atoms with E-state index in [9.17, 15) is 0 Å². The molecule has 1 aliphatic heterocycles. The Balaban J connectivity index is 1.57. The average molecular weight is 381 g/mol. The lowest BCUT2D eigenvalue weighted by molar-refractivity contribution is 0.231. The molecule has 0 atom stereocenters. The number of likely N-dealkylation sites (tertiary alicyclic amines) is 1. The highest BCUT2D eigenvalue weighted by Crippen LogP contribution is 2.34. The lowest BCUT2D eigenvalue weighted by Gasteiger charge is -2.26. The Morgan fingerprint density at radius 3 is 2.34 bits per heavy atom. The van der Waals surface area contributed by atoms with Gasteiger partial charge in [-0.05, 0) is 66.6 Å². The van der Waals surface area contributed by atoms with Crippen molar-refractivity contribution in [3.8, 4) is 11.3 Å². The molecule has 0 bridgehead atoms. The minimum absolute atomic E-state index is 1.07. The van der Waals surface area contributed by atoms with Crippen LogP contribution in [0.15, 0.2) is 66.9 Å². The number of hydrogen-bond donors (Lipinski definition) is 0. The maximum atomic E-state index is 5.00. The Morgan fingerprint density at radius 1 is 0.759 bits per heavy atom. The molecule has 1 saturated heterocycles. The third-order valence-electron chi connectivity index (χ3n) is 6.42. The van der Waals surface area contributed by atoms with Crippen molar-refractivity contribution >= 4 is 21.5 Å². The third kappa shape index (κ3) is 3.54. The monoisotopic (exact) mass is 380 g/mol. The van der Waals surface area contributed by atoms with Crippen LogP contribution in [0.5, 0.6) is 0 Å². The first-order valence-electron chi connectivity index (χ1n) is 10.9. The van der Waals surface area contributed by atoms with Gasteiger partial charge in [0, 0.05) is 23.7 Å². The largest absolute Gasteiger partial charge is 0.303 e. The molecule has 2 heteroatoms. The van der Waals surface area contributed by atoms with E-state index in [1.54, 1.807) is 0 Å². The van der Waals surface area contributed by atoms with Gasteiger partial charge >= 0.3 is 0 Å². The summed E-state index contributed by atoms with van der Waals surface area (Å²) in [6.45, 7) is 5.82. The van der Waals surface area contributed by atoms with Crippen LogP contribution in [0.3, 0.4) is 0 Å². The number of pyridine rings is 1. The van der Waals surface area contributed by atoms with Crippen LogP contribution in [-0.2, 0) is 6.42 Å². The van der Waals surface area contributed by atoms with E-state index >= 15 is 0 Å². The first-order valence-corrected chi connectivity index (χ1v) is 10.9. The van der Waals surface area contributed by atoms with Gasteiger partial charge in [-0.3, -0.25) is 4.98 Å². The molecular weight excluding hydrogens is 352 g/mol. The highest BCUT2D eigenvalue weighted by Gasteiger charge is 2.14. The van der Waals surface area contributed by atoms with Gasteiger partial charge in [-0.1, -0.05) is 67.1 Å². The number of nitrogens with zero attached hydrogens (tertiary/aromatic N) is 2. The van der Waals surface area contributed by atoms with Crippen LogP contribution in [0.1, 0.15) is 30.4 Å². The minimum Gasteiger partial charge on any atom is -0.303 e. The van der Waals surface area contributed by atoms with E-state index in [0.29, 0.717) is 0 Å². The molecule has 4 aromatic rings. The zero-order chi connectivity index (χ0) is 19.6. The van der Waals surface area contributed by atoms with Gasteiger partial charge in [0.25, 0.3) is 0 Å². The summed E-state index contributed by atoms with van der Waals surface area (Å²) < 4.78 is 0. The summed E-state index contributed by atoms with van der Waals surface area (Å²) in [6.07, 6.45) is 7.27. The van der Waals surface area contributed by atoms with Crippen molar-refractivity contribution in [3.05, 3.63) is 78.0 Å². The molecule has 0 spiro atoms. The SMILES string of the molecule is Cc1cccc2c(-c3ncc(CCN4CCCCC4)c4ccccc34)cccc12. The van der Waals surface area contributed by atoms with E-state index in [1.807, 2.05) is 0 Å². The van der Waals surface area contributed by atoms with Gasteiger partial charge in [0.05, 0.1) is 5.69 Å². The Labute approximate surface area is 173 Å². The Hall–Kier alpha value is -2.71. The van der Waals surface area contributed by atoms with Crippen LogP contribution >= 0.6 is 0 Å². The standard InChI is InChI=1S/C27H28N2/c1-20-9-7-13-24-22(20)12-8-14-26(24)27-25-11-4-3-10-23(25)21(19-28-27)15-18-29-16-5-2-6-17-29/h3-4,7-14,19H,2,5-6,15-18H2,1H3. The van der Waals surface area contributed by atoms with Crippen molar-refractivity contribution in [1.82, 2.24) is 9.88 Å². The number of piperidine rings is 1. The van der Waals surface area contributed by atoms with Gasteiger partial charge in [0.15, 0.2) is 0 Å². The van der Waals surface area contributed by atoms with E-state index in [2.05, 4.69) is 78.7 Å². The topological polar surface area (TPSA) is 16.1 Å². The van der Waals surface area contributed by atoms with Gasteiger partial charge < -0.3 is 4.90 Å². The average Bonchev–Trinajstić information content (AvgIpc) is 2.78. The van der Waals surface area contributed by atoms with Crippen molar-refractivity contribution in [2.24, 2.45) is 0 Å². The van der Waals surface area contributed by atoms with Crippen LogP contribution in [0.2, 0.25) is 0 Å². The molecule has 0 unspecified atom stereocenters. The second kappa shape index (κ2) is 7.96. The maximum Gasteiger partial charge on any atom is 0.0786 e. The van der Waals surface area contributed by atoms with Gasteiger partial charge in [0.1, 0.15) is 0 Å². The summed E-state index contributed by atoms with van der Waals surface area (Å²) in [5.41, 5.74) is 5.00. The molecule has 0 radical (unpaired) electrons. The van der Waals surface area contributed by atoms with Crippen LogP contribution < -0.4 is 0 Å². The zero-order valence-corrected chi connectivity index (χ0v) is 17.2. The van der Waals surface area contributed by atoms with Gasteiger partial charge in [-0.2, -0.15) is 0 Å². The lowest BCUT2D eigenvalue weighted by atomic mass is 9.94. The van der Waals surface area contributed by atoms with Gasteiger partial charge in [0.2, 0.25) is 0 Å². The molecule has 0 amide bonds. The van der Waals surface area contributed by atoms with Crippen molar-refractivity contribution in [2.45, 2.75) is 32.6 Å². The van der Waals surface area contributed by atoms with Gasteiger partial charge in [-0.25, -0.2) is 0 Å². The predicted octanol–water partition coefficient (Wildman–Crippen LogP) is 6.39. The summed E-state index contributed by atoms with van der Waals surface area (Å²) in [5.74, 6) is 0. The van der Waals surface area contributed by atoms with Gasteiger partial charge in [-0.15, -0.1) is 0 Å². The lowest BCUT2D eigenvalue weighted by Crippen LogP contribution is -2.31. The van der Waals surface area contributed by atoms with E-state index in [0.717, 1.165) is 18.7 Å². The molecule has 29 heavy (non-hydrogen) atoms. The summed E-state index contributed by atoms with van der Waals surface area (Å²) >= 11 is 0. The second-order valence-electron chi connectivity index (χ2n) is 8.31. The van der Waals surface area contributed by atoms with E-state index in [-0.39, 0.29) is 0 Å². The van der Waals surface area contributed by atoms with Crippen molar-refractivity contribution in [3.63, 3.8) is 0 Å². The first-order chi connectivity index (χ1) is 14.3. The second-order valence-corrected chi connectivity index (χ2v) is 8.31. The number of rotatable bonds is 4. The zero-order valence-electron chi connectivity index (χ0n) is 17.2.